The molecule has 0 aromatic heterocycles. The summed E-state index contributed by atoms with van der Waals surface area (Å²) in [6.45, 7) is 11.5. The molecule has 0 aliphatic heterocycles. The Hall–Kier alpha value is -0.780. The molecule has 0 N–H and O–H groups in total. The zero-order valence-electron chi connectivity index (χ0n) is 11.5. The van der Waals surface area contributed by atoms with Crippen molar-refractivity contribution in [3.8, 4) is 0 Å². The monoisotopic (exact) mass is 218 g/mol. The first-order chi connectivity index (χ1) is 7.50. The van der Waals surface area contributed by atoms with Gasteiger partial charge in [-0.25, -0.2) is 0 Å². The first-order valence-electron chi connectivity index (χ1n) is 6.55. The van der Waals surface area contributed by atoms with Crippen molar-refractivity contribution in [3.05, 3.63) is 34.9 Å². The fraction of sp³-hybridized carbons (Fsp3) is 0.625. The van der Waals surface area contributed by atoms with Crippen LogP contribution in [0, 0.1) is 25.7 Å². The zero-order valence-corrected chi connectivity index (χ0v) is 11.5. The van der Waals surface area contributed by atoms with E-state index in [1.54, 1.807) is 0 Å². The average molecular weight is 218 g/mol. The highest BCUT2D eigenvalue weighted by molar-refractivity contribution is 5.33. The van der Waals surface area contributed by atoms with Crippen molar-refractivity contribution in [2.75, 3.05) is 0 Å². The molecule has 0 aliphatic rings. The van der Waals surface area contributed by atoms with Crippen LogP contribution in [0.2, 0.25) is 0 Å². The summed E-state index contributed by atoms with van der Waals surface area (Å²) in [7, 11) is 0. The van der Waals surface area contributed by atoms with Crippen LogP contribution in [0.3, 0.4) is 0 Å². The van der Waals surface area contributed by atoms with Crippen molar-refractivity contribution in [2.45, 2.75) is 53.9 Å². The molecule has 0 bridgehead atoms. The molecular formula is C16H26. The number of benzene rings is 1. The van der Waals surface area contributed by atoms with Gasteiger partial charge in [0.05, 0.1) is 0 Å². The first-order valence-corrected chi connectivity index (χ1v) is 6.55. The van der Waals surface area contributed by atoms with Crippen LogP contribution >= 0.6 is 0 Å². The summed E-state index contributed by atoms with van der Waals surface area (Å²) in [5.74, 6) is 1.64. The Morgan fingerprint density at radius 1 is 1.00 bits per heavy atom. The third-order valence-corrected chi connectivity index (χ3v) is 3.52. The summed E-state index contributed by atoms with van der Waals surface area (Å²) >= 11 is 0. The van der Waals surface area contributed by atoms with Gasteiger partial charge < -0.3 is 0 Å². The Morgan fingerprint density at radius 2 is 1.69 bits per heavy atom. The van der Waals surface area contributed by atoms with Crippen LogP contribution in [0.4, 0.5) is 0 Å². The van der Waals surface area contributed by atoms with Crippen LogP contribution < -0.4 is 0 Å². The second-order valence-electron chi connectivity index (χ2n) is 5.64. The zero-order chi connectivity index (χ0) is 12.1. The highest BCUT2D eigenvalue weighted by Crippen LogP contribution is 2.20. The van der Waals surface area contributed by atoms with E-state index >= 15 is 0 Å². The van der Waals surface area contributed by atoms with Crippen LogP contribution in [-0.2, 0) is 6.42 Å². The molecular weight excluding hydrogens is 192 g/mol. The molecule has 0 aliphatic carbocycles. The van der Waals surface area contributed by atoms with Gasteiger partial charge in [0.25, 0.3) is 0 Å². The molecule has 0 saturated carbocycles. The summed E-state index contributed by atoms with van der Waals surface area (Å²) in [5, 5.41) is 0. The Morgan fingerprint density at radius 3 is 2.31 bits per heavy atom. The molecule has 1 atom stereocenters. The number of rotatable bonds is 5. The lowest BCUT2D eigenvalue weighted by Gasteiger charge is -2.15. The van der Waals surface area contributed by atoms with Crippen molar-refractivity contribution < 1.29 is 0 Å². The summed E-state index contributed by atoms with van der Waals surface area (Å²) < 4.78 is 0. The largest absolute Gasteiger partial charge is 0.0628 e. The van der Waals surface area contributed by atoms with Gasteiger partial charge >= 0.3 is 0 Å². The molecule has 0 spiro atoms. The maximum absolute atomic E-state index is 2.38. The van der Waals surface area contributed by atoms with E-state index in [1.165, 1.54) is 36.0 Å². The molecule has 0 radical (unpaired) electrons. The van der Waals surface area contributed by atoms with Gasteiger partial charge in [-0.1, -0.05) is 51.8 Å². The molecule has 16 heavy (non-hydrogen) atoms. The smallest absolute Gasteiger partial charge is 0.0250 e. The fourth-order valence-electron chi connectivity index (χ4n) is 2.13. The van der Waals surface area contributed by atoms with Crippen molar-refractivity contribution >= 4 is 0 Å². The van der Waals surface area contributed by atoms with E-state index in [2.05, 4.69) is 52.8 Å². The molecule has 0 saturated heterocycles. The van der Waals surface area contributed by atoms with E-state index < -0.39 is 0 Å². The molecule has 1 aromatic rings. The van der Waals surface area contributed by atoms with Gasteiger partial charge in [-0.15, -0.1) is 0 Å². The minimum absolute atomic E-state index is 0.808. The van der Waals surface area contributed by atoms with Crippen molar-refractivity contribution in [1.29, 1.82) is 0 Å². The van der Waals surface area contributed by atoms with Gasteiger partial charge in [-0.05, 0) is 48.8 Å². The van der Waals surface area contributed by atoms with E-state index in [9.17, 15) is 0 Å². The second kappa shape index (κ2) is 6.08. The topological polar surface area (TPSA) is 0 Å². The maximum Gasteiger partial charge on any atom is -0.0250 e. The summed E-state index contributed by atoms with van der Waals surface area (Å²) in [4.78, 5) is 0. The first kappa shape index (κ1) is 13.3. The van der Waals surface area contributed by atoms with Crippen molar-refractivity contribution in [3.63, 3.8) is 0 Å². The highest BCUT2D eigenvalue weighted by Gasteiger charge is 2.07. The maximum atomic E-state index is 2.38. The standard InChI is InChI=1S/C16H26/c1-12(2)9-10-13(3)11-16-8-6-7-14(4)15(16)5/h6-8,12-13H,9-11H2,1-5H3. The van der Waals surface area contributed by atoms with Gasteiger partial charge in [-0.3, -0.25) is 0 Å². The molecule has 0 heteroatoms. The summed E-state index contributed by atoms with van der Waals surface area (Å²) in [6.07, 6.45) is 3.94. The molecule has 90 valence electrons. The van der Waals surface area contributed by atoms with Gasteiger partial charge in [0.15, 0.2) is 0 Å². The fourth-order valence-corrected chi connectivity index (χ4v) is 2.13. The predicted molar refractivity (Wildman–Crippen MR) is 72.9 cm³/mol. The SMILES string of the molecule is Cc1cccc(CC(C)CCC(C)C)c1C. The van der Waals surface area contributed by atoms with Gasteiger partial charge in [-0.2, -0.15) is 0 Å². The van der Waals surface area contributed by atoms with Crippen LogP contribution in [0.15, 0.2) is 18.2 Å². The molecule has 1 rings (SSSR count). The second-order valence-corrected chi connectivity index (χ2v) is 5.64. The number of aryl methyl sites for hydroxylation is 1. The van der Waals surface area contributed by atoms with Crippen LogP contribution in [0.5, 0.6) is 0 Å². The quantitative estimate of drug-likeness (QED) is 0.658. The number of hydrogen-bond acceptors (Lipinski definition) is 0. The Labute approximate surface area is 101 Å². The van der Waals surface area contributed by atoms with Crippen molar-refractivity contribution in [1.82, 2.24) is 0 Å². The minimum Gasteiger partial charge on any atom is -0.0628 e. The lowest BCUT2D eigenvalue weighted by atomic mass is 9.90. The van der Waals surface area contributed by atoms with Crippen molar-refractivity contribution in [2.24, 2.45) is 11.8 Å². The molecule has 1 unspecified atom stereocenters. The molecule has 0 heterocycles. The Bertz CT molecular complexity index is 323. The van der Waals surface area contributed by atoms with Crippen LogP contribution in [-0.4, -0.2) is 0 Å². The lowest BCUT2D eigenvalue weighted by molar-refractivity contribution is 0.448. The minimum atomic E-state index is 0.808. The molecule has 0 fully saturated rings. The number of hydrogen-bond donors (Lipinski definition) is 0. The predicted octanol–water partition coefficient (Wildman–Crippen LogP) is 4.92. The molecule has 1 aromatic carbocycles. The summed E-state index contributed by atoms with van der Waals surface area (Å²) in [5.41, 5.74) is 4.45. The van der Waals surface area contributed by atoms with E-state index in [4.69, 9.17) is 0 Å². The van der Waals surface area contributed by atoms with E-state index in [0.717, 1.165) is 11.8 Å². The van der Waals surface area contributed by atoms with Gasteiger partial charge in [0, 0.05) is 0 Å². The van der Waals surface area contributed by atoms with E-state index in [1.807, 2.05) is 0 Å². The van der Waals surface area contributed by atoms with E-state index in [0.29, 0.717) is 0 Å². The third kappa shape index (κ3) is 4.00. The summed E-state index contributed by atoms with van der Waals surface area (Å²) in [6, 6.07) is 6.68. The Kier molecular flexibility index (Phi) is 5.05. The lowest BCUT2D eigenvalue weighted by Crippen LogP contribution is -2.04. The average Bonchev–Trinajstić information content (AvgIpc) is 2.22. The molecule has 0 nitrogen and oxygen atoms in total. The highest BCUT2D eigenvalue weighted by atomic mass is 14.1. The normalized spacial score (nSPS) is 13.1. The molecule has 0 amide bonds. The third-order valence-electron chi connectivity index (χ3n) is 3.52. The Balaban J connectivity index is 2.56. The van der Waals surface area contributed by atoms with Gasteiger partial charge in [0.1, 0.15) is 0 Å². The van der Waals surface area contributed by atoms with Crippen LogP contribution in [0.25, 0.3) is 0 Å². The van der Waals surface area contributed by atoms with Gasteiger partial charge in [0.2, 0.25) is 0 Å². The van der Waals surface area contributed by atoms with Crippen LogP contribution in [0.1, 0.15) is 50.3 Å². The van der Waals surface area contributed by atoms with E-state index in [-0.39, 0.29) is 0 Å².